The monoisotopic (exact) mass is 361 g/mol. The Hall–Kier alpha value is -2.93. The molecule has 0 atom stereocenters. The molecule has 8 heteroatoms. The summed E-state index contributed by atoms with van der Waals surface area (Å²) in [5.41, 5.74) is 0.682. The summed E-state index contributed by atoms with van der Waals surface area (Å²) in [4.78, 5) is 36.1. The highest BCUT2D eigenvalue weighted by molar-refractivity contribution is 6.39. The molecule has 1 N–H and O–H groups in total. The number of rotatable bonds is 5. The van der Waals surface area contributed by atoms with E-state index in [2.05, 4.69) is 5.32 Å². The van der Waals surface area contributed by atoms with Crippen LogP contribution in [0.25, 0.3) is 0 Å². The third-order valence-corrected chi connectivity index (χ3v) is 3.80. The van der Waals surface area contributed by atoms with E-state index in [1.165, 1.54) is 17.0 Å². The SMILES string of the molecule is CCN(Cc1ccccc1)C(=O)C(=O)Nc1ccc(Cl)c([N+](=O)[O-])c1. The molecule has 0 bridgehead atoms. The fourth-order valence-corrected chi connectivity index (χ4v) is 2.38. The van der Waals surface area contributed by atoms with Crippen molar-refractivity contribution < 1.29 is 14.5 Å². The molecular weight excluding hydrogens is 346 g/mol. The molecule has 0 aliphatic carbocycles. The first-order valence-electron chi connectivity index (χ1n) is 7.50. The van der Waals surface area contributed by atoms with Crippen LogP contribution in [0.1, 0.15) is 12.5 Å². The van der Waals surface area contributed by atoms with Crippen LogP contribution < -0.4 is 5.32 Å². The maximum absolute atomic E-state index is 12.3. The second-order valence-electron chi connectivity index (χ2n) is 5.18. The van der Waals surface area contributed by atoms with E-state index in [0.29, 0.717) is 13.1 Å². The number of nitrogens with one attached hydrogen (secondary N) is 1. The van der Waals surface area contributed by atoms with E-state index in [-0.39, 0.29) is 16.4 Å². The van der Waals surface area contributed by atoms with Gasteiger partial charge in [-0.2, -0.15) is 0 Å². The first-order chi connectivity index (χ1) is 11.9. The van der Waals surface area contributed by atoms with Gasteiger partial charge in [-0.15, -0.1) is 0 Å². The summed E-state index contributed by atoms with van der Waals surface area (Å²) in [6, 6.07) is 13.1. The molecule has 2 amide bonds. The lowest BCUT2D eigenvalue weighted by Crippen LogP contribution is -2.39. The third-order valence-electron chi connectivity index (χ3n) is 3.48. The van der Waals surface area contributed by atoms with Gasteiger partial charge in [0.1, 0.15) is 5.02 Å². The lowest BCUT2D eigenvalue weighted by Gasteiger charge is -2.20. The third kappa shape index (κ3) is 4.77. The molecular formula is C17H16ClN3O4. The number of halogens is 1. The Bertz CT molecular complexity index is 796. The Morgan fingerprint density at radius 2 is 1.88 bits per heavy atom. The summed E-state index contributed by atoms with van der Waals surface area (Å²) in [7, 11) is 0. The number of likely N-dealkylation sites (N-methyl/N-ethyl adjacent to an activating group) is 1. The zero-order valence-electron chi connectivity index (χ0n) is 13.4. The van der Waals surface area contributed by atoms with Crippen LogP contribution in [0, 0.1) is 10.1 Å². The predicted molar refractivity (Wildman–Crippen MR) is 94.3 cm³/mol. The van der Waals surface area contributed by atoms with E-state index < -0.39 is 16.7 Å². The molecule has 0 saturated heterocycles. The number of hydrogen-bond acceptors (Lipinski definition) is 4. The summed E-state index contributed by atoms with van der Waals surface area (Å²) >= 11 is 5.72. The predicted octanol–water partition coefficient (Wildman–Crippen LogP) is 3.24. The summed E-state index contributed by atoms with van der Waals surface area (Å²) in [6.07, 6.45) is 0. The highest BCUT2D eigenvalue weighted by atomic mass is 35.5. The number of anilines is 1. The van der Waals surface area contributed by atoms with Crippen LogP contribution in [-0.4, -0.2) is 28.2 Å². The molecule has 0 radical (unpaired) electrons. The van der Waals surface area contributed by atoms with Crippen molar-refractivity contribution in [3.8, 4) is 0 Å². The van der Waals surface area contributed by atoms with E-state index in [9.17, 15) is 19.7 Å². The number of amides is 2. The Labute approximate surface area is 149 Å². The molecule has 2 aromatic carbocycles. The van der Waals surface area contributed by atoms with Gasteiger partial charge in [-0.3, -0.25) is 19.7 Å². The first-order valence-corrected chi connectivity index (χ1v) is 7.88. The van der Waals surface area contributed by atoms with Crippen LogP contribution in [0.4, 0.5) is 11.4 Å². The molecule has 25 heavy (non-hydrogen) atoms. The van der Waals surface area contributed by atoms with Gasteiger partial charge in [-0.1, -0.05) is 41.9 Å². The van der Waals surface area contributed by atoms with Crippen molar-refractivity contribution in [3.05, 3.63) is 69.2 Å². The first kappa shape index (κ1) is 18.4. The van der Waals surface area contributed by atoms with Crippen molar-refractivity contribution in [1.82, 2.24) is 4.90 Å². The van der Waals surface area contributed by atoms with Gasteiger partial charge < -0.3 is 10.2 Å². The molecule has 0 unspecified atom stereocenters. The van der Waals surface area contributed by atoms with E-state index in [1.54, 1.807) is 6.92 Å². The van der Waals surface area contributed by atoms with E-state index >= 15 is 0 Å². The van der Waals surface area contributed by atoms with Gasteiger partial charge in [0.2, 0.25) is 0 Å². The number of nitrogens with zero attached hydrogens (tertiary/aromatic N) is 2. The Morgan fingerprint density at radius 3 is 2.48 bits per heavy atom. The van der Waals surface area contributed by atoms with Gasteiger partial charge in [0.05, 0.1) is 4.92 Å². The second kappa shape index (κ2) is 8.25. The number of nitro benzene ring substituents is 1. The minimum absolute atomic E-state index is 0.0476. The van der Waals surface area contributed by atoms with E-state index in [4.69, 9.17) is 11.6 Å². The fraction of sp³-hybridized carbons (Fsp3) is 0.176. The maximum atomic E-state index is 12.3. The van der Waals surface area contributed by atoms with Crippen LogP contribution in [0.2, 0.25) is 5.02 Å². The van der Waals surface area contributed by atoms with Crippen molar-refractivity contribution in [2.45, 2.75) is 13.5 Å². The summed E-state index contributed by atoms with van der Waals surface area (Å²) in [5, 5.41) is 13.2. The fourth-order valence-electron chi connectivity index (χ4n) is 2.19. The molecule has 0 spiro atoms. The number of hydrogen-bond donors (Lipinski definition) is 1. The highest BCUT2D eigenvalue weighted by Crippen LogP contribution is 2.27. The average Bonchev–Trinajstić information content (AvgIpc) is 2.61. The summed E-state index contributed by atoms with van der Waals surface area (Å²) in [6.45, 7) is 2.41. The minimum atomic E-state index is -0.866. The van der Waals surface area contributed by atoms with Crippen molar-refractivity contribution in [1.29, 1.82) is 0 Å². The lowest BCUT2D eigenvalue weighted by atomic mass is 10.2. The van der Waals surface area contributed by atoms with Gasteiger partial charge >= 0.3 is 11.8 Å². The van der Waals surface area contributed by atoms with Crippen molar-refractivity contribution in [2.24, 2.45) is 0 Å². The zero-order valence-corrected chi connectivity index (χ0v) is 14.2. The molecule has 0 aliphatic rings. The lowest BCUT2D eigenvalue weighted by molar-refractivity contribution is -0.384. The van der Waals surface area contributed by atoms with Crippen LogP contribution in [-0.2, 0) is 16.1 Å². The molecule has 0 saturated carbocycles. The second-order valence-corrected chi connectivity index (χ2v) is 5.59. The minimum Gasteiger partial charge on any atom is -0.330 e. The van der Waals surface area contributed by atoms with Gasteiger partial charge in [-0.05, 0) is 24.6 Å². The Balaban J connectivity index is 2.09. The smallest absolute Gasteiger partial charge is 0.313 e. The molecule has 2 rings (SSSR count). The normalized spacial score (nSPS) is 10.2. The van der Waals surface area contributed by atoms with Crippen LogP contribution in [0.3, 0.4) is 0 Å². The quantitative estimate of drug-likeness (QED) is 0.502. The van der Waals surface area contributed by atoms with Crippen molar-refractivity contribution >= 4 is 34.8 Å². The molecule has 0 fully saturated rings. The highest BCUT2D eigenvalue weighted by Gasteiger charge is 2.22. The van der Waals surface area contributed by atoms with Gasteiger partial charge in [0.15, 0.2) is 0 Å². The van der Waals surface area contributed by atoms with Gasteiger partial charge in [-0.25, -0.2) is 0 Å². The molecule has 0 aliphatic heterocycles. The Kier molecular flexibility index (Phi) is 6.08. The van der Waals surface area contributed by atoms with Gasteiger partial charge in [0, 0.05) is 24.8 Å². The molecule has 2 aromatic rings. The topological polar surface area (TPSA) is 92.6 Å². The van der Waals surface area contributed by atoms with Crippen molar-refractivity contribution in [3.63, 3.8) is 0 Å². The summed E-state index contributed by atoms with van der Waals surface area (Å²) < 4.78 is 0. The largest absolute Gasteiger partial charge is 0.330 e. The maximum Gasteiger partial charge on any atom is 0.313 e. The van der Waals surface area contributed by atoms with E-state index in [0.717, 1.165) is 11.6 Å². The van der Waals surface area contributed by atoms with Crippen LogP contribution in [0.15, 0.2) is 48.5 Å². The van der Waals surface area contributed by atoms with Gasteiger partial charge in [0.25, 0.3) is 5.69 Å². The van der Waals surface area contributed by atoms with E-state index in [1.807, 2.05) is 30.3 Å². The van der Waals surface area contributed by atoms with Crippen LogP contribution >= 0.6 is 11.6 Å². The van der Waals surface area contributed by atoms with Crippen LogP contribution in [0.5, 0.6) is 0 Å². The Morgan fingerprint density at radius 1 is 1.20 bits per heavy atom. The molecule has 0 aromatic heterocycles. The number of nitro groups is 1. The average molecular weight is 362 g/mol. The number of carbonyl (C=O) groups excluding carboxylic acids is 2. The molecule has 0 heterocycles. The number of carbonyl (C=O) groups is 2. The summed E-state index contributed by atoms with van der Waals surface area (Å²) in [5.74, 6) is -1.58. The number of benzene rings is 2. The van der Waals surface area contributed by atoms with Crippen molar-refractivity contribution in [2.75, 3.05) is 11.9 Å². The molecule has 130 valence electrons. The molecule has 7 nitrogen and oxygen atoms in total. The standard InChI is InChI=1S/C17H16ClN3O4/c1-2-20(11-12-6-4-3-5-7-12)17(23)16(22)19-13-8-9-14(18)15(10-13)21(24)25/h3-10H,2,11H2,1H3,(H,19,22). The zero-order chi connectivity index (χ0) is 18.4.